The minimum Gasteiger partial charge on any atom is -0.355 e. The van der Waals surface area contributed by atoms with E-state index in [1.54, 1.807) is 17.0 Å². The van der Waals surface area contributed by atoms with Crippen LogP contribution in [0.3, 0.4) is 0 Å². The van der Waals surface area contributed by atoms with E-state index in [1.807, 2.05) is 32.7 Å². The predicted octanol–water partition coefficient (Wildman–Crippen LogP) is 0.783. The third-order valence-electron chi connectivity index (χ3n) is 2.60. The van der Waals surface area contributed by atoms with Crippen molar-refractivity contribution in [3.8, 4) is 0 Å². The lowest BCUT2D eigenvalue weighted by molar-refractivity contribution is 0.382. The Balaban J connectivity index is 3.07. The fraction of sp³-hybridized carbons (Fsp3) is 0.667. The molecule has 5 heteroatoms. The molecule has 0 amide bonds. The van der Waals surface area contributed by atoms with Gasteiger partial charge in [-0.2, -0.15) is 0 Å². The maximum absolute atomic E-state index is 12.2. The summed E-state index contributed by atoms with van der Waals surface area (Å²) in [5.74, 6) is 0.482. The normalized spacial score (nSPS) is 11.6. The first kappa shape index (κ1) is 13.7. The molecule has 0 saturated heterocycles. The van der Waals surface area contributed by atoms with Gasteiger partial charge in [-0.3, -0.25) is 4.79 Å². The number of hydrogen-bond acceptors (Lipinski definition) is 4. The quantitative estimate of drug-likeness (QED) is 0.842. The van der Waals surface area contributed by atoms with Crippen molar-refractivity contribution in [1.82, 2.24) is 9.55 Å². The number of rotatable bonds is 4. The van der Waals surface area contributed by atoms with Gasteiger partial charge in [-0.15, -0.1) is 0 Å². The third-order valence-corrected chi connectivity index (χ3v) is 2.60. The van der Waals surface area contributed by atoms with Crippen molar-refractivity contribution in [3.63, 3.8) is 0 Å². The van der Waals surface area contributed by atoms with E-state index in [4.69, 9.17) is 5.73 Å². The predicted molar refractivity (Wildman–Crippen MR) is 70.4 cm³/mol. The zero-order chi connectivity index (χ0) is 13.1. The van der Waals surface area contributed by atoms with E-state index in [-0.39, 0.29) is 11.1 Å². The molecule has 0 aliphatic rings. The van der Waals surface area contributed by atoms with Crippen molar-refractivity contribution in [1.29, 1.82) is 0 Å². The molecule has 1 rings (SSSR count). The van der Waals surface area contributed by atoms with Gasteiger partial charge in [-0.1, -0.05) is 0 Å². The van der Waals surface area contributed by atoms with Crippen molar-refractivity contribution in [2.75, 3.05) is 25.0 Å². The largest absolute Gasteiger partial charge is 0.355 e. The minimum absolute atomic E-state index is 0.0560. The molecule has 0 aliphatic heterocycles. The van der Waals surface area contributed by atoms with E-state index in [2.05, 4.69) is 4.98 Å². The molecule has 2 N–H and O–H groups in total. The van der Waals surface area contributed by atoms with Crippen molar-refractivity contribution in [2.24, 2.45) is 5.73 Å². The van der Waals surface area contributed by atoms with Gasteiger partial charge >= 0.3 is 0 Å². The molecule has 0 fully saturated rings. The van der Waals surface area contributed by atoms with Crippen molar-refractivity contribution >= 4 is 5.82 Å². The van der Waals surface area contributed by atoms with Crippen LogP contribution in [0.2, 0.25) is 0 Å². The molecular weight excluding hydrogens is 216 g/mol. The Kier molecular flexibility index (Phi) is 4.28. The second kappa shape index (κ2) is 5.31. The van der Waals surface area contributed by atoms with Gasteiger partial charge in [0, 0.05) is 31.5 Å². The zero-order valence-electron chi connectivity index (χ0n) is 11.1. The van der Waals surface area contributed by atoms with Crippen LogP contribution in [-0.4, -0.2) is 29.7 Å². The van der Waals surface area contributed by atoms with Gasteiger partial charge in [0.1, 0.15) is 0 Å². The average Bonchev–Trinajstić information content (AvgIpc) is 2.24. The first-order chi connectivity index (χ1) is 7.88. The number of hydrogen-bond donors (Lipinski definition) is 1. The van der Waals surface area contributed by atoms with Gasteiger partial charge in [-0.05, 0) is 33.7 Å². The molecule has 1 aromatic heterocycles. The highest BCUT2D eigenvalue weighted by molar-refractivity contribution is 5.34. The molecule has 0 aliphatic carbocycles. The topological polar surface area (TPSA) is 64.2 Å². The number of nitrogens with two attached hydrogens (primary N) is 1. The molecule has 0 bridgehead atoms. The molecule has 0 radical (unpaired) electrons. The van der Waals surface area contributed by atoms with Crippen LogP contribution in [-0.2, 0) is 5.54 Å². The first-order valence-corrected chi connectivity index (χ1v) is 5.87. The summed E-state index contributed by atoms with van der Waals surface area (Å²) in [6.07, 6.45) is 4.24. The second-order valence-corrected chi connectivity index (χ2v) is 5.16. The van der Waals surface area contributed by atoms with E-state index in [0.717, 1.165) is 13.0 Å². The molecular formula is C12H22N4O. The average molecular weight is 238 g/mol. The zero-order valence-corrected chi connectivity index (χ0v) is 11.1. The molecule has 1 heterocycles. The second-order valence-electron chi connectivity index (χ2n) is 5.16. The SMILES string of the molecule is CN(CCCN)c1nccn(C(C)(C)C)c1=O. The molecule has 0 aromatic carbocycles. The van der Waals surface area contributed by atoms with E-state index in [9.17, 15) is 4.79 Å². The molecule has 17 heavy (non-hydrogen) atoms. The van der Waals surface area contributed by atoms with Crippen LogP contribution in [0.25, 0.3) is 0 Å². The number of nitrogens with zero attached hydrogens (tertiary/aromatic N) is 3. The Hall–Kier alpha value is -1.36. The minimum atomic E-state index is -0.233. The molecule has 0 unspecified atom stereocenters. The van der Waals surface area contributed by atoms with Gasteiger partial charge in [-0.25, -0.2) is 4.98 Å². The maximum atomic E-state index is 12.2. The highest BCUT2D eigenvalue weighted by Crippen LogP contribution is 2.11. The van der Waals surface area contributed by atoms with Crippen molar-refractivity contribution < 1.29 is 0 Å². The summed E-state index contributed by atoms with van der Waals surface area (Å²) in [5, 5.41) is 0. The van der Waals surface area contributed by atoms with E-state index < -0.39 is 0 Å². The Bertz CT molecular complexity index is 419. The standard InChI is InChI=1S/C12H22N4O/c1-12(2,3)16-9-7-14-10(11(16)17)15(4)8-5-6-13/h7,9H,5-6,8,13H2,1-4H3. The van der Waals surface area contributed by atoms with E-state index in [0.29, 0.717) is 12.4 Å². The van der Waals surface area contributed by atoms with Gasteiger partial charge < -0.3 is 15.2 Å². The van der Waals surface area contributed by atoms with Crippen LogP contribution < -0.4 is 16.2 Å². The van der Waals surface area contributed by atoms with Crippen LogP contribution in [0.4, 0.5) is 5.82 Å². The molecule has 5 nitrogen and oxygen atoms in total. The lowest BCUT2D eigenvalue weighted by Gasteiger charge is -2.24. The summed E-state index contributed by atoms with van der Waals surface area (Å²) >= 11 is 0. The Labute approximate surface area is 102 Å². The fourth-order valence-corrected chi connectivity index (χ4v) is 1.63. The van der Waals surface area contributed by atoms with Gasteiger partial charge in [0.15, 0.2) is 5.82 Å². The molecule has 0 atom stereocenters. The highest BCUT2D eigenvalue weighted by atomic mass is 16.1. The monoisotopic (exact) mass is 238 g/mol. The summed E-state index contributed by atoms with van der Waals surface area (Å²) in [7, 11) is 1.87. The molecule has 0 saturated carbocycles. The lowest BCUT2D eigenvalue weighted by Crippen LogP contribution is -2.38. The van der Waals surface area contributed by atoms with Crippen LogP contribution in [0.15, 0.2) is 17.2 Å². The number of aromatic nitrogens is 2. The van der Waals surface area contributed by atoms with Gasteiger partial charge in [0.25, 0.3) is 5.56 Å². The van der Waals surface area contributed by atoms with Crippen molar-refractivity contribution in [3.05, 3.63) is 22.7 Å². The number of anilines is 1. The molecule has 0 spiro atoms. The summed E-state index contributed by atoms with van der Waals surface area (Å²) in [4.78, 5) is 18.3. The third kappa shape index (κ3) is 3.30. The van der Waals surface area contributed by atoms with Crippen molar-refractivity contribution in [2.45, 2.75) is 32.7 Å². The lowest BCUT2D eigenvalue weighted by atomic mass is 10.1. The van der Waals surface area contributed by atoms with Crippen LogP contribution in [0.5, 0.6) is 0 Å². The fourth-order valence-electron chi connectivity index (χ4n) is 1.63. The summed E-state index contributed by atoms with van der Waals surface area (Å²) in [6.45, 7) is 7.35. The van der Waals surface area contributed by atoms with E-state index in [1.165, 1.54) is 0 Å². The summed E-state index contributed by atoms with van der Waals surface area (Å²) in [6, 6.07) is 0. The van der Waals surface area contributed by atoms with Gasteiger partial charge in [0.05, 0.1) is 0 Å². The molecule has 96 valence electrons. The summed E-state index contributed by atoms with van der Waals surface area (Å²) < 4.78 is 1.70. The summed E-state index contributed by atoms with van der Waals surface area (Å²) in [5.41, 5.74) is 5.17. The molecule has 1 aromatic rings. The van der Waals surface area contributed by atoms with Crippen LogP contribution >= 0.6 is 0 Å². The maximum Gasteiger partial charge on any atom is 0.293 e. The van der Waals surface area contributed by atoms with E-state index >= 15 is 0 Å². The Morgan fingerprint density at radius 3 is 2.65 bits per heavy atom. The van der Waals surface area contributed by atoms with Gasteiger partial charge in [0.2, 0.25) is 0 Å². The van der Waals surface area contributed by atoms with Crippen LogP contribution in [0.1, 0.15) is 27.2 Å². The Morgan fingerprint density at radius 1 is 1.47 bits per heavy atom. The highest BCUT2D eigenvalue weighted by Gasteiger charge is 2.18. The van der Waals surface area contributed by atoms with Crippen LogP contribution in [0, 0.1) is 0 Å². The smallest absolute Gasteiger partial charge is 0.293 e. The first-order valence-electron chi connectivity index (χ1n) is 5.87. The Morgan fingerprint density at radius 2 is 2.12 bits per heavy atom.